The highest BCUT2D eigenvalue weighted by atomic mass is 32.1. The third-order valence-corrected chi connectivity index (χ3v) is 5.50. The van der Waals surface area contributed by atoms with Crippen LogP contribution in [-0.2, 0) is 0 Å². The summed E-state index contributed by atoms with van der Waals surface area (Å²) in [5.41, 5.74) is 8.20. The normalized spacial score (nSPS) is 10.5. The number of rotatable bonds is 8. The van der Waals surface area contributed by atoms with Gasteiger partial charge in [-0.05, 0) is 25.8 Å². The van der Waals surface area contributed by atoms with Crippen molar-refractivity contribution in [1.29, 1.82) is 10.5 Å². The van der Waals surface area contributed by atoms with Crippen LogP contribution in [0.1, 0.15) is 54.9 Å². The average molecular weight is 407 g/mol. The SMILES string of the molecule is [C-]#[N+]c1sc(N=Nc2c(N)nc(NCCCCCC)c(C#N)c2C)c(C#N)c1C. The lowest BCUT2D eigenvalue weighted by molar-refractivity contribution is 0.684. The van der Waals surface area contributed by atoms with E-state index in [0.717, 1.165) is 30.6 Å². The largest absolute Gasteiger partial charge is 0.382 e. The maximum Gasteiger partial charge on any atom is 0.247 e. The summed E-state index contributed by atoms with van der Waals surface area (Å²) >= 11 is 1.10. The van der Waals surface area contributed by atoms with Crippen LogP contribution in [0.2, 0.25) is 0 Å². The number of nitriles is 2. The molecular weight excluding hydrogens is 384 g/mol. The Morgan fingerprint density at radius 1 is 1.14 bits per heavy atom. The second kappa shape index (κ2) is 10.2. The fourth-order valence-electron chi connectivity index (χ4n) is 2.76. The van der Waals surface area contributed by atoms with E-state index in [2.05, 4.69) is 44.4 Å². The highest BCUT2D eigenvalue weighted by Crippen LogP contribution is 2.42. The molecule has 29 heavy (non-hydrogen) atoms. The molecule has 2 aromatic rings. The zero-order valence-corrected chi connectivity index (χ0v) is 17.5. The summed E-state index contributed by atoms with van der Waals surface area (Å²) in [5.74, 6) is 0.594. The minimum Gasteiger partial charge on any atom is -0.382 e. The number of nitrogens with two attached hydrogens (primary N) is 1. The number of unbranched alkanes of at least 4 members (excludes halogenated alkanes) is 3. The van der Waals surface area contributed by atoms with Crippen molar-refractivity contribution in [3.8, 4) is 12.1 Å². The van der Waals surface area contributed by atoms with Gasteiger partial charge in [0, 0.05) is 12.1 Å². The molecule has 2 rings (SSSR count). The number of aromatic nitrogens is 1. The molecule has 0 saturated heterocycles. The lowest BCUT2D eigenvalue weighted by atomic mass is 10.1. The third kappa shape index (κ3) is 4.87. The maximum atomic E-state index is 9.58. The molecule has 2 heterocycles. The molecule has 0 unspecified atom stereocenters. The van der Waals surface area contributed by atoms with Gasteiger partial charge < -0.3 is 11.1 Å². The van der Waals surface area contributed by atoms with Crippen LogP contribution in [0.5, 0.6) is 0 Å². The van der Waals surface area contributed by atoms with Crippen LogP contribution in [0.25, 0.3) is 4.85 Å². The van der Waals surface area contributed by atoms with E-state index in [1.165, 1.54) is 6.42 Å². The first kappa shape index (κ1) is 21.8. The average Bonchev–Trinajstić information content (AvgIpc) is 3.02. The molecule has 0 fully saturated rings. The third-order valence-electron chi connectivity index (χ3n) is 4.43. The Kier molecular flexibility index (Phi) is 7.65. The number of thiophene rings is 1. The molecule has 0 aliphatic carbocycles. The van der Waals surface area contributed by atoms with Crippen molar-refractivity contribution in [2.75, 3.05) is 17.6 Å². The summed E-state index contributed by atoms with van der Waals surface area (Å²) in [6.07, 6.45) is 4.42. The highest BCUT2D eigenvalue weighted by molar-refractivity contribution is 7.20. The number of pyridine rings is 1. The molecule has 0 amide bonds. The highest BCUT2D eigenvalue weighted by Gasteiger charge is 2.17. The molecule has 0 saturated carbocycles. The summed E-state index contributed by atoms with van der Waals surface area (Å²) in [5, 5.41) is 31.1. The second-order valence-electron chi connectivity index (χ2n) is 6.43. The second-order valence-corrected chi connectivity index (χ2v) is 7.41. The van der Waals surface area contributed by atoms with Gasteiger partial charge >= 0.3 is 0 Å². The van der Waals surface area contributed by atoms with Crippen LogP contribution in [0.3, 0.4) is 0 Å². The molecule has 3 N–H and O–H groups in total. The zero-order chi connectivity index (χ0) is 21.4. The summed E-state index contributed by atoms with van der Waals surface area (Å²) in [6.45, 7) is 13.5. The molecular formula is C20H22N8S. The number of hydrogen-bond acceptors (Lipinski definition) is 8. The molecule has 0 aromatic carbocycles. The van der Waals surface area contributed by atoms with E-state index in [0.29, 0.717) is 44.6 Å². The van der Waals surface area contributed by atoms with Crippen LogP contribution >= 0.6 is 11.3 Å². The smallest absolute Gasteiger partial charge is 0.247 e. The fourth-order valence-corrected chi connectivity index (χ4v) is 3.62. The van der Waals surface area contributed by atoms with Gasteiger partial charge in [0.15, 0.2) is 5.82 Å². The minimum atomic E-state index is 0.151. The Morgan fingerprint density at radius 3 is 2.48 bits per heavy atom. The standard InChI is InChI=1S/C20H22N8S/c1-5-6-7-8-9-25-18-14(10-21)12(2)16(17(23)26-18)27-28-20-15(11-22)13(3)19(24-4)29-20/h5-9H2,1-3H3,(H3,23,25,26). The summed E-state index contributed by atoms with van der Waals surface area (Å²) in [6, 6.07) is 4.21. The van der Waals surface area contributed by atoms with Crippen molar-refractivity contribution in [3.05, 3.63) is 33.7 Å². The number of anilines is 2. The molecule has 0 bridgehead atoms. The zero-order valence-electron chi connectivity index (χ0n) is 16.7. The van der Waals surface area contributed by atoms with Gasteiger partial charge in [0.2, 0.25) is 5.00 Å². The Morgan fingerprint density at radius 2 is 1.86 bits per heavy atom. The number of nitrogen functional groups attached to an aromatic ring is 1. The van der Waals surface area contributed by atoms with Crippen molar-refractivity contribution in [2.24, 2.45) is 10.2 Å². The predicted molar refractivity (Wildman–Crippen MR) is 115 cm³/mol. The molecule has 0 radical (unpaired) electrons. The molecule has 0 atom stereocenters. The molecule has 2 aromatic heterocycles. The predicted octanol–water partition coefficient (Wildman–Crippen LogP) is 6.04. The molecule has 9 heteroatoms. The summed E-state index contributed by atoms with van der Waals surface area (Å²) in [4.78, 5) is 7.70. The fraction of sp³-hybridized carbons (Fsp3) is 0.400. The van der Waals surface area contributed by atoms with E-state index >= 15 is 0 Å². The molecule has 8 nitrogen and oxygen atoms in total. The van der Waals surface area contributed by atoms with Crippen molar-refractivity contribution in [1.82, 2.24) is 4.98 Å². The van der Waals surface area contributed by atoms with E-state index < -0.39 is 0 Å². The van der Waals surface area contributed by atoms with Crippen LogP contribution < -0.4 is 11.1 Å². The van der Waals surface area contributed by atoms with Gasteiger partial charge in [-0.1, -0.05) is 26.2 Å². The van der Waals surface area contributed by atoms with Crippen molar-refractivity contribution < 1.29 is 0 Å². The van der Waals surface area contributed by atoms with Crippen LogP contribution in [0.15, 0.2) is 10.2 Å². The number of nitrogens with one attached hydrogen (secondary N) is 1. The lowest BCUT2D eigenvalue weighted by Gasteiger charge is -2.12. The topological polar surface area (TPSA) is 128 Å². The molecule has 0 spiro atoms. The number of azo groups is 1. The van der Waals surface area contributed by atoms with Crippen LogP contribution in [-0.4, -0.2) is 11.5 Å². The molecule has 148 valence electrons. The van der Waals surface area contributed by atoms with Gasteiger partial charge in [-0.25, -0.2) is 9.83 Å². The van der Waals surface area contributed by atoms with Gasteiger partial charge in [0.25, 0.3) is 0 Å². The Labute approximate surface area is 174 Å². The van der Waals surface area contributed by atoms with Crippen LogP contribution in [0, 0.1) is 43.1 Å². The maximum absolute atomic E-state index is 9.58. The van der Waals surface area contributed by atoms with Gasteiger partial charge in [-0.3, -0.25) is 0 Å². The quantitative estimate of drug-likeness (QED) is 0.313. The van der Waals surface area contributed by atoms with E-state index in [4.69, 9.17) is 12.3 Å². The van der Waals surface area contributed by atoms with Crippen molar-refractivity contribution >= 4 is 38.7 Å². The first-order valence-electron chi connectivity index (χ1n) is 9.25. The van der Waals surface area contributed by atoms with E-state index in [-0.39, 0.29) is 11.5 Å². The van der Waals surface area contributed by atoms with Crippen molar-refractivity contribution in [2.45, 2.75) is 46.5 Å². The number of nitrogens with zero attached hydrogens (tertiary/aromatic N) is 6. The van der Waals surface area contributed by atoms with Crippen LogP contribution in [0.4, 0.5) is 27.3 Å². The van der Waals surface area contributed by atoms with Gasteiger partial charge in [-0.15, -0.1) is 21.6 Å². The Balaban J connectivity index is 2.34. The van der Waals surface area contributed by atoms with Gasteiger partial charge in [0.05, 0.1) is 17.7 Å². The summed E-state index contributed by atoms with van der Waals surface area (Å²) < 4.78 is 0. The first-order valence-corrected chi connectivity index (χ1v) is 10.1. The summed E-state index contributed by atoms with van der Waals surface area (Å²) in [7, 11) is 0. The van der Waals surface area contributed by atoms with E-state index in [1.807, 2.05) is 0 Å². The number of hydrogen-bond donors (Lipinski definition) is 2. The Hall–Kier alpha value is -3.48. The monoisotopic (exact) mass is 406 g/mol. The van der Waals surface area contributed by atoms with Gasteiger partial charge in [-0.2, -0.15) is 10.5 Å². The molecule has 0 aliphatic rings. The Bertz CT molecular complexity index is 1050. The van der Waals surface area contributed by atoms with E-state index in [9.17, 15) is 10.5 Å². The van der Waals surface area contributed by atoms with Gasteiger partial charge in [0.1, 0.15) is 28.6 Å². The first-order chi connectivity index (χ1) is 14.0. The molecule has 0 aliphatic heterocycles. The van der Waals surface area contributed by atoms with E-state index in [1.54, 1.807) is 13.8 Å². The minimum absolute atomic E-state index is 0.151. The lowest BCUT2D eigenvalue weighted by Crippen LogP contribution is -2.08. The van der Waals surface area contributed by atoms with Crippen molar-refractivity contribution in [3.63, 3.8) is 0 Å².